The number of rotatable bonds is 6. The van der Waals surface area contributed by atoms with Crippen LogP contribution >= 0.6 is 0 Å². The fraction of sp³-hybridized carbons (Fsp3) is 0.600. The summed E-state index contributed by atoms with van der Waals surface area (Å²) in [6.45, 7) is 0.232. The van der Waals surface area contributed by atoms with E-state index in [0.29, 0.717) is 17.8 Å². The first-order chi connectivity index (χ1) is 13.0. The molecule has 27 heavy (non-hydrogen) atoms. The van der Waals surface area contributed by atoms with Gasteiger partial charge in [-0.2, -0.15) is 0 Å². The van der Waals surface area contributed by atoms with Crippen molar-refractivity contribution >= 4 is 17.6 Å². The molecular formula is C20H24N2O5. The Morgan fingerprint density at radius 1 is 1.11 bits per heavy atom. The van der Waals surface area contributed by atoms with Gasteiger partial charge in [0.05, 0.1) is 11.5 Å². The molecule has 0 unspecified atom stereocenters. The van der Waals surface area contributed by atoms with Gasteiger partial charge in [0, 0.05) is 11.5 Å². The molecule has 144 valence electrons. The highest BCUT2D eigenvalue weighted by molar-refractivity contribution is 5.93. The Kier molecular flexibility index (Phi) is 4.61. The number of nitrogens with zero attached hydrogens (tertiary/aromatic N) is 1. The molecule has 4 saturated carbocycles. The number of nitro benzene ring substituents is 1. The predicted octanol–water partition coefficient (Wildman–Crippen LogP) is 3.08. The van der Waals surface area contributed by atoms with Crippen LogP contribution in [-0.2, 0) is 9.53 Å². The third-order valence-electron chi connectivity index (χ3n) is 6.46. The highest BCUT2D eigenvalue weighted by Crippen LogP contribution is 2.60. The van der Waals surface area contributed by atoms with Crippen molar-refractivity contribution in [3.05, 3.63) is 39.9 Å². The summed E-state index contributed by atoms with van der Waals surface area (Å²) < 4.78 is 5.13. The number of ether oxygens (including phenoxy) is 1. The van der Waals surface area contributed by atoms with E-state index in [1.807, 2.05) is 0 Å². The Balaban J connectivity index is 1.29. The molecule has 1 aromatic carbocycles. The number of para-hydroxylation sites is 1. The number of amides is 1. The van der Waals surface area contributed by atoms with Crippen LogP contribution in [0.15, 0.2) is 24.3 Å². The molecule has 4 aliphatic rings. The molecule has 0 heterocycles. The van der Waals surface area contributed by atoms with E-state index in [0.717, 1.165) is 19.3 Å². The number of carbonyl (C=O) groups is 2. The van der Waals surface area contributed by atoms with Crippen molar-refractivity contribution in [3.63, 3.8) is 0 Å². The second-order valence-corrected chi connectivity index (χ2v) is 8.36. The summed E-state index contributed by atoms with van der Waals surface area (Å²) in [4.78, 5) is 35.3. The van der Waals surface area contributed by atoms with Crippen molar-refractivity contribution in [2.45, 2.75) is 38.5 Å². The van der Waals surface area contributed by atoms with Crippen LogP contribution in [0.1, 0.15) is 48.9 Å². The molecule has 5 rings (SSSR count). The maximum atomic E-state index is 12.8. The van der Waals surface area contributed by atoms with E-state index in [4.69, 9.17) is 4.74 Å². The Morgan fingerprint density at radius 3 is 2.30 bits per heavy atom. The lowest BCUT2D eigenvalue weighted by Crippen LogP contribution is -2.54. The van der Waals surface area contributed by atoms with Gasteiger partial charge in [0.1, 0.15) is 12.2 Å². The van der Waals surface area contributed by atoms with Crippen molar-refractivity contribution in [2.24, 2.45) is 23.2 Å². The molecule has 0 spiro atoms. The quantitative estimate of drug-likeness (QED) is 0.358. The summed E-state index contributed by atoms with van der Waals surface area (Å²) in [7, 11) is 0. The number of nitrogens with one attached hydrogen (secondary N) is 1. The van der Waals surface area contributed by atoms with Gasteiger partial charge >= 0.3 is 5.97 Å². The summed E-state index contributed by atoms with van der Waals surface area (Å²) in [6, 6.07) is 5.69. The minimum Gasteiger partial charge on any atom is -0.460 e. The molecule has 0 saturated heterocycles. The van der Waals surface area contributed by atoms with Gasteiger partial charge in [-0.3, -0.25) is 14.9 Å². The molecule has 1 aromatic rings. The van der Waals surface area contributed by atoms with E-state index < -0.39 is 10.9 Å². The number of hydrogen-bond acceptors (Lipinski definition) is 5. The van der Waals surface area contributed by atoms with E-state index in [-0.39, 0.29) is 35.7 Å². The van der Waals surface area contributed by atoms with Gasteiger partial charge in [0.25, 0.3) is 5.69 Å². The van der Waals surface area contributed by atoms with E-state index in [1.54, 1.807) is 6.07 Å². The third kappa shape index (κ3) is 3.42. The number of carbonyl (C=O) groups excluding carboxylic acids is 2. The highest BCUT2D eigenvalue weighted by Gasteiger charge is 2.54. The van der Waals surface area contributed by atoms with Gasteiger partial charge in [0.15, 0.2) is 0 Å². The second kappa shape index (κ2) is 6.94. The monoisotopic (exact) mass is 372 g/mol. The fourth-order valence-electron chi connectivity index (χ4n) is 5.77. The molecule has 1 amide bonds. The van der Waals surface area contributed by atoms with Crippen LogP contribution in [0.25, 0.3) is 0 Å². The van der Waals surface area contributed by atoms with Gasteiger partial charge in [0.2, 0.25) is 5.91 Å². The lowest BCUT2D eigenvalue weighted by Gasteiger charge is -2.55. The minimum absolute atomic E-state index is 0.00296. The molecule has 0 aromatic heterocycles. The zero-order valence-electron chi connectivity index (χ0n) is 15.2. The zero-order chi connectivity index (χ0) is 19.0. The Morgan fingerprint density at radius 2 is 1.70 bits per heavy atom. The largest absolute Gasteiger partial charge is 0.460 e. The normalized spacial score (nSPS) is 30.7. The smallest absolute Gasteiger partial charge is 0.345 e. The van der Waals surface area contributed by atoms with Crippen molar-refractivity contribution in [1.29, 1.82) is 0 Å². The molecule has 0 aliphatic heterocycles. The van der Waals surface area contributed by atoms with Crippen LogP contribution < -0.4 is 5.32 Å². The highest BCUT2D eigenvalue weighted by atomic mass is 16.6. The average molecular weight is 372 g/mol. The lowest BCUT2D eigenvalue weighted by molar-refractivity contribution is -0.385. The second-order valence-electron chi connectivity index (χ2n) is 8.36. The Labute approximate surface area is 157 Å². The maximum absolute atomic E-state index is 12.8. The SMILES string of the molecule is O=C(OCCNC(=O)C12CC3CC(CC(C3)C1)C2)c1ccccc1[N+](=O)[O-]. The number of benzene rings is 1. The first kappa shape index (κ1) is 17.9. The molecule has 4 bridgehead atoms. The standard InChI is InChI=1S/C20H24N2O5/c23-18(16-3-1-2-4-17(16)22(25)26)27-6-5-21-19(24)20-10-13-7-14(11-20)9-15(8-13)12-20/h1-4,13-15H,5-12H2,(H,21,24). The lowest BCUT2D eigenvalue weighted by atomic mass is 9.49. The third-order valence-corrected chi connectivity index (χ3v) is 6.46. The zero-order valence-corrected chi connectivity index (χ0v) is 15.2. The summed E-state index contributed by atoms with van der Waals surface area (Å²) in [5.41, 5.74) is -0.577. The van der Waals surface area contributed by atoms with Crippen LogP contribution in [0.2, 0.25) is 0 Å². The van der Waals surface area contributed by atoms with Gasteiger partial charge < -0.3 is 10.1 Å². The van der Waals surface area contributed by atoms with Crippen LogP contribution in [-0.4, -0.2) is 30.0 Å². The molecule has 1 N–H and O–H groups in total. The van der Waals surface area contributed by atoms with E-state index in [2.05, 4.69) is 5.32 Å². The van der Waals surface area contributed by atoms with E-state index in [1.165, 1.54) is 37.5 Å². The van der Waals surface area contributed by atoms with Gasteiger partial charge in [-0.15, -0.1) is 0 Å². The van der Waals surface area contributed by atoms with E-state index >= 15 is 0 Å². The molecule has 4 aliphatic carbocycles. The molecule has 0 radical (unpaired) electrons. The Hall–Kier alpha value is -2.44. The van der Waals surface area contributed by atoms with Crippen molar-refractivity contribution < 1.29 is 19.2 Å². The average Bonchev–Trinajstić information content (AvgIpc) is 2.63. The molecule has 0 atom stereocenters. The van der Waals surface area contributed by atoms with E-state index in [9.17, 15) is 19.7 Å². The number of hydrogen-bond donors (Lipinski definition) is 1. The van der Waals surface area contributed by atoms with Gasteiger partial charge in [-0.1, -0.05) is 12.1 Å². The van der Waals surface area contributed by atoms with Crippen molar-refractivity contribution in [2.75, 3.05) is 13.2 Å². The molecule has 4 fully saturated rings. The summed E-state index contributed by atoms with van der Waals surface area (Å²) in [5.74, 6) is 1.42. The van der Waals surface area contributed by atoms with Crippen LogP contribution in [0.4, 0.5) is 5.69 Å². The van der Waals surface area contributed by atoms with Crippen molar-refractivity contribution in [1.82, 2.24) is 5.32 Å². The molecule has 7 heteroatoms. The summed E-state index contributed by atoms with van der Waals surface area (Å²) in [5, 5.41) is 13.9. The maximum Gasteiger partial charge on any atom is 0.345 e. The topological polar surface area (TPSA) is 98.5 Å². The first-order valence-electron chi connectivity index (χ1n) is 9.66. The van der Waals surface area contributed by atoms with Crippen LogP contribution in [0.5, 0.6) is 0 Å². The number of esters is 1. The molecule has 7 nitrogen and oxygen atoms in total. The molecular weight excluding hydrogens is 348 g/mol. The van der Waals surface area contributed by atoms with Crippen molar-refractivity contribution in [3.8, 4) is 0 Å². The van der Waals surface area contributed by atoms with Gasteiger partial charge in [-0.05, 0) is 62.3 Å². The van der Waals surface area contributed by atoms with Crippen LogP contribution in [0.3, 0.4) is 0 Å². The van der Waals surface area contributed by atoms with Gasteiger partial charge in [-0.25, -0.2) is 4.79 Å². The number of nitro groups is 1. The first-order valence-corrected chi connectivity index (χ1v) is 9.66. The fourth-order valence-corrected chi connectivity index (χ4v) is 5.77. The predicted molar refractivity (Wildman–Crippen MR) is 97.0 cm³/mol. The minimum atomic E-state index is -0.744. The summed E-state index contributed by atoms with van der Waals surface area (Å²) >= 11 is 0. The Bertz CT molecular complexity index is 740. The van der Waals surface area contributed by atoms with Crippen LogP contribution in [0, 0.1) is 33.3 Å². The summed E-state index contributed by atoms with van der Waals surface area (Å²) in [6.07, 6.45) is 6.79.